The third-order valence-electron chi connectivity index (χ3n) is 9.85. The zero-order valence-corrected chi connectivity index (χ0v) is 28.0. The molecular formula is C45H35N3S. The Hall–Kier alpha value is -5.32. The number of allylic oxidation sites excluding steroid dienone is 7. The lowest BCUT2D eigenvalue weighted by Crippen LogP contribution is -2.18. The quantitative estimate of drug-likeness (QED) is 0.184. The minimum atomic E-state index is -0.0707. The molecule has 1 aromatic heterocycles. The van der Waals surface area contributed by atoms with Crippen molar-refractivity contribution >= 4 is 28.9 Å². The van der Waals surface area contributed by atoms with Crippen molar-refractivity contribution in [1.82, 2.24) is 4.98 Å². The highest BCUT2D eigenvalue weighted by molar-refractivity contribution is 8.01. The fourth-order valence-electron chi connectivity index (χ4n) is 7.34. The highest BCUT2D eigenvalue weighted by Crippen LogP contribution is 2.54. The van der Waals surface area contributed by atoms with Gasteiger partial charge in [-0.3, -0.25) is 9.98 Å². The van der Waals surface area contributed by atoms with E-state index >= 15 is 0 Å². The highest BCUT2D eigenvalue weighted by atomic mass is 32.2. The molecule has 0 fully saturated rings. The number of aliphatic imine (C=N–C) groups is 2. The van der Waals surface area contributed by atoms with Gasteiger partial charge in [0.2, 0.25) is 0 Å². The van der Waals surface area contributed by atoms with Crippen molar-refractivity contribution < 1.29 is 0 Å². The van der Waals surface area contributed by atoms with Crippen LogP contribution in [0.4, 0.5) is 0 Å². The maximum absolute atomic E-state index is 5.47. The van der Waals surface area contributed by atoms with Crippen LogP contribution in [0.5, 0.6) is 0 Å². The lowest BCUT2D eigenvalue weighted by Gasteiger charge is -2.25. The van der Waals surface area contributed by atoms with Gasteiger partial charge in [-0.05, 0) is 70.4 Å². The lowest BCUT2D eigenvalue weighted by molar-refractivity contribution is 0.752. The predicted molar refractivity (Wildman–Crippen MR) is 206 cm³/mol. The lowest BCUT2D eigenvalue weighted by atomic mass is 9.86. The average Bonchev–Trinajstić information content (AvgIpc) is 3.57. The van der Waals surface area contributed by atoms with E-state index in [-0.39, 0.29) is 6.04 Å². The summed E-state index contributed by atoms with van der Waals surface area (Å²) in [5.41, 5.74) is 14.5. The molecule has 2 aliphatic heterocycles. The summed E-state index contributed by atoms with van der Waals surface area (Å²) in [6, 6.07) is 38.9. The van der Waals surface area contributed by atoms with Crippen LogP contribution in [0.3, 0.4) is 0 Å². The van der Waals surface area contributed by atoms with Crippen LogP contribution in [-0.2, 0) is 0 Å². The molecule has 2 atom stereocenters. The van der Waals surface area contributed by atoms with Crippen LogP contribution in [0.15, 0.2) is 172 Å². The largest absolute Gasteiger partial charge is 0.258 e. The molecule has 0 radical (unpaired) electrons. The van der Waals surface area contributed by atoms with Gasteiger partial charge < -0.3 is 0 Å². The minimum Gasteiger partial charge on any atom is -0.258 e. The molecule has 3 nitrogen and oxygen atoms in total. The van der Waals surface area contributed by atoms with Crippen LogP contribution in [-0.4, -0.2) is 21.8 Å². The second kappa shape index (κ2) is 12.9. The molecule has 4 heteroatoms. The van der Waals surface area contributed by atoms with Crippen LogP contribution in [0.25, 0.3) is 39.1 Å². The maximum Gasteiger partial charge on any atom is 0.155 e. The van der Waals surface area contributed by atoms with Gasteiger partial charge >= 0.3 is 0 Å². The standard InChI is InChI=1S/C45H35N3S/c1-3-11-30(12-4-1)31-18-24-35(25-19-31)45-47-40(32-13-5-2-6-14-32)29-41(48-45)38-27-26-37-36-15-7-8-17-42(36)49-44(37)43(38)34-22-20-33(21-23-34)39-16-9-10-28-46-39/h1,3-5,7-16,18-28,41-42H,2,6,17,29H2. The molecule has 0 spiro atoms. The van der Waals surface area contributed by atoms with Crippen molar-refractivity contribution in [2.75, 3.05) is 0 Å². The van der Waals surface area contributed by atoms with Gasteiger partial charge in [0.05, 0.1) is 17.4 Å². The van der Waals surface area contributed by atoms with Crippen LogP contribution in [0.1, 0.15) is 48.4 Å². The van der Waals surface area contributed by atoms with Crippen molar-refractivity contribution in [1.29, 1.82) is 0 Å². The number of amidine groups is 1. The number of aromatic nitrogens is 1. The number of fused-ring (bicyclic) bond motifs is 3. The summed E-state index contributed by atoms with van der Waals surface area (Å²) in [6.45, 7) is 0. The van der Waals surface area contributed by atoms with E-state index in [4.69, 9.17) is 9.98 Å². The molecule has 0 bridgehead atoms. The summed E-state index contributed by atoms with van der Waals surface area (Å²) in [6.07, 6.45) is 19.5. The molecule has 2 unspecified atom stereocenters. The summed E-state index contributed by atoms with van der Waals surface area (Å²) in [7, 11) is 0. The molecule has 0 amide bonds. The molecule has 0 saturated carbocycles. The number of hydrogen-bond acceptors (Lipinski definition) is 4. The third kappa shape index (κ3) is 5.77. The van der Waals surface area contributed by atoms with E-state index < -0.39 is 0 Å². The van der Waals surface area contributed by atoms with Crippen molar-refractivity contribution in [3.63, 3.8) is 0 Å². The maximum atomic E-state index is 5.47. The van der Waals surface area contributed by atoms with E-state index in [1.165, 1.54) is 49.4 Å². The van der Waals surface area contributed by atoms with Crippen molar-refractivity contribution in [2.45, 2.75) is 41.9 Å². The summed E-state index contributed by atoms with van der Waals surface area (Å²) >= 11 is 2.01. The first kappa shape index (κ1) is 29.8. The van der Waals surface area contributed by atoms with Crippen LogP contribution < -0.4 is 0 Å². The van der Waals surface area contributed by atoms with Gasteiger partial charge in [0, 0.05) is 39.5 Å². The predicted octanol–water partition coefficient (Wildman–Crippen LogP) is 11.5. The van der Waals surface area contributed by atoms with Gasteiger partial charge in [0.15, 0.2) is 5.84 Å². The van der Waals surface area contributed by atoms with E-state index in [0.717, 1.165) is 54.1 Å². The molecule has 9 rings (SSSR count). The summed E-state index contributed by atoms with van der Waals surface area (Å²) in [5, 5.41) is 0.449. The number of pyridine rings is 1. The average molecular weight is 650 g/mol. The Bertz CT molecular complexity index is 2220. The molecule has 0 N–H and O–H groups in total. The Kier molecular flexibility index (Phi) is 7.87. The van der Waals surface area contributed by atoms with E-state index in [1.54, 1.807) is 0 Å². The second-order valence-electron chi connectivity index (χ2n) is 12.9. The van der Waals surface area contributed by atoms with E-state index in [9.17, 15) is 0 Å². The van der Waals surface area contributed by atoms with Crippen LogP contribution in [0.2, 0.25) is 0 Å². The summed E-state index contributed by atoms with van der Waals surface area (Å²) < 4.78 is 0. The second-order valence-corrected chi connectivity index (χ2v) is 14.1. The van der Waals surface area contributed by atoms with Gasteiger partial charge in [0.25, 0.3) is 0 Å². The Balaban J connectivity index is 1.17. The fraction of sp³-hybridized carbons (Fsp3) is 0.133. The minimum absolute atomic E-state index is 0.0707. The zero-order chi connectivity index (χ0) is 32.6. The molecule has 4 aliphatic rings. The van der Waals surface area contributed by atoms with Gasteiger partial charge in [-0.25, -0.2) is 4.99 Å². The zero-order valence-electron chi connectivity index (χ0n) is 27.2. The topological polar surface area (TPSA) is 37.6 Å². The first-order chi connectivity index (χ1) is 24.3. The molecule has 3 heterocycles. The number of hydrogen-bond donors (Lipinski definition) is 0. The fourth-order valence-corrected chi connectivity index (χ4v) is 8.83. The normalized spacial score (nSPS) is 19.3. The van der Waals surface area contributed by atoms with Gasteiger partial charge in [0.1, 0.15) is 0 Å². The highest BCUT2D eigenvalue weighted by Gasteiger charge is 2.34. The third-order valence-corrected chi connectivity index (χ3v) is 11.2. The summed E-state index contributed by atoms with van der Waals surface area (Å²) in [4.78, 5) is 16.7. The number of thioether (sulfide) groups is 1. The van der Waals surface area contributed by atoms with Gasteiger partial charge in [-0.2, -0.15) is 0 Å². The molecule has 49 heavy (non-hydrogen) atoms. The Morgan fingerprint density at radius 3 is 2.24 bits per heavy atom. The molecule has 5 aromatic rings. The Morgan fingerprint density at radius 2 is 1.45 bits per heavy atom. The molecule has 236 valence electrons. The summed E-state index contributed by atoms with van der Waals surface area (Å²) in [5.74, 6) is 0.802. The molecule has 4 aromatic carbocycles. The van der Waals surface area contributed by atoms with E-state index in [2.05, 4.69) is 139 Å². The first-order valence-electron chi connectivity index (χ1n) is 17.2. The number of benzene rings is 4. The van der Waals surface area contributed by atoms with Crippen LogP contribution >= 0.6 is 11.8 Å². The smallest absolute Gasteiger partial charge is 0.155 e. The molecular weight excluding hydrogens is 615 g/mol. The van der Waals surface area contributed by atoms with Crippen molar-refractivity contribution in [2.24, 2.45) is 9.98 Å². The number of nitrogens with zero attached hydrogens (tertiary/aromatic N) is 3. The van der Waals surface area contributed by atoms with Gasteiger partial charge in [-0.1, -0.05) is 134 Å². The van der Waals surface area contributed by atoms with Gasteiger partial charge in [-0.15, -0.1) is 11.8 Å². The van der Waals surface area contributed by atoms with E-state index in [1.807, 2.05) is 30.1 Å². The molecule has 2 aliphatic carbocycles. The van der Waals surface area contributed by atoms with Crippen LogP contribution in [0, 0.1) is 0 Å². The molecule has 0 saturated heterocycles. The van der Waals surface area contributed by atoms with E-state index in [0.29, 0.717) is 5.25 Å². The van der Waals surface area contributed by atoms with Crippen molar-refractivity contribution in [3.8, 4) is 33.5 Å². The monoisotopic (exact) mass is 649 g/mol. The first-order valence-corrected chi connectivity index (χ1v) is 18.1. The van der Waals surface area contributed by atoms with Crippen molar-refractivity contribution in [3.05, 3.63) is 174 Å². The Morgan fingerprint density at radius 1 is 0.673 bits per heavy atom. The SMILES string of the molecule is C1=CCC2Sc3c(ccc(C4CC(C5=CCCC=C5)=NC(c5ccc(-c6ccccc6)cc5)=N4)c3-c3ccc(-c4ccccn4)cc3)C2=C1. The number of rotatable bonds is 6. The Labute approximate surface area is 292 Å².